The monoisotopic (exact) mass is 181 g/mol. The predicted octanol–water partition coefficient (Wildman–Crippen LogP) is 1.31. The zero-order chi connectivity index (χ0) is 9.52. The number of anilines is 1. The lowest BCUT2D eigenvalue weighted by Gasteiger charge is -2.07. The van der Waals surface area contributed by atoms with E-state index in [2.05, 4.69) is 15.3 Å². The van der Waals surface area contributed by atoms with E-state index >= 15 is 0 Å². The fourth-order valence-electron chi connectivity index (χ4n) is 0.848. The smallest absolute Gasteiger partial charge is 0.222 e. The van der Waals surface area contributed by atoms with Crippen molar-refractivity contribution in [1.82, 2.24) is 9.97 Å². The number of ether oxygens (including phenoxy) is 1. The molecule has 0 saturated heterocycles. The Labute approximate surface area is 78.4 Å². The largest absolute Gasteiger partial charge is 0.377 e. The minimum absolute atomic E-state index is 0.276. The van der Waals surface area contributed by atoms with Gasteiger partial charge in [-0.1, -0.05) is 0 Å². The molecule has 4 nitrogen and oxygen atoms in total. The predicted molar refractivity (Wildman–Crippen MR) is 51.6 cm³/mol. The molecule has 72 valence electrons. The standard InChI is InChI=1S/C9H15N3O/c1-8(2)13-7-6-12-9-10-4-3-5-11-9/h3-5,8H,6-7H2,1-2H3,(H,10,11,12). The Morgan fingerprint density at radius 3 is 2.69 bits per heavy atom. The summed E-state index contributed by atoms with van der Waals surface area (Å²) in [5, 5.41) is 3.05. The van der Waals surface area contributed by atoms with Crippen molar-refractivity contribution < 1.29 is 4.74 Å². The van der Waals surface area contributed by atoms with Gasteiger partial charge in [-0.3, -0.25) is 0 Å². The van der Waals surface area contributed by atoms with Crippen LogP contribution in [-0.4, -0.2) is 29.2 Å². The summed E-state index contributed by atoms with van der Waals surface area (Å²) in [6, 6.07) is 1.79. The van der Waals surface area contributed by atoms with E-state index in [0.29, 0.717) is 12.6 Å². The Morgan fingerprint density at radius 2 is 2.08 bits per heavy atom. The van der Waals surface area contributed by atoms with Crippen molar-refractivity contribution in [3.05, 3.63) is 18.5 Å². The van der Waals surface area contributed by atoms with Crippen molar-refractivity contribution >= 4 is 5.95 Å². The zero-order valence-electron chi connectivity index (χ0n) is 8.03. The maximum Gasteiger partial charge on any atom is 0.222 e. The van der Waals surface area contributed by atoms with Crippen molar-refractivity contribution in [2.75, 3.05) is 18.5 Å². The van der Waals surface area contributed by atoms with Crippen LogP contribution < -0.4 is 5.32 Å². The third-order valence-electron chi connectivity index (χ3n) is 1.40. The Bertz CT molecular complexity index is 226. The highest BCUT2D eigenvalue weighted by molar-refractivity contribution is 5.21. The first-order valence-corrected chi connectivity index (χ1v) is 4.41. The van der Waals surface area contributed by atoms with Gasteiger partial charge in [-0.2, -0.15) is 0 Å². The minimum Gasteiger partial charge on any atom is -0.377 e. The molecule has 0 amide bonds. The summed E-state index contributed by atoms with van der Waals surface area (Å²) in [5.74, 6) is 0.648. The van der Waals surface area contributed by atoms with E-state index in [-0.39, 0.29) is 6.10 Å². The van der Waals surface area contributed by atoms with Gasteiger partial charge in [0, 0.05) is 18.9 Å². The molecular weight excluding hydrogens is 166 g/mol. The van der Waals surface area contributed by atoms with E-state index < -0.39 is 0 Å². The number of nitrogens with one attached hydrogen (secondary N) is 1. The summed E-state index contributed by atoms with van der Waals surface area (Å²) < 4.78 is 5.35. The Morgan fingerprint density at radius 1 is 1.38 bits per heavy atom. The van der Waals surface area contributed by atoms with E-state index in [9.17, 15) is 0 Å². The lowest BCUT2D eigenvalue weighted by molar-refractivity contribution is 0.0870. The van der Waals surface area contributed by atoms with Crippen LogP contribution in [0, 0.1) is 0 Å². The van der Waals surface area contributed by atoms with Gasteiger partial charge < -0.3 is 10.1 Å². The highest BCUT2D eigenvalue weighted by Crippen LogP contribution is 1.93. The minimum atomic E-state index is 0.276. The van der Waals surface area contributed by atoms with Crippen molar-refractivity contribution in [2.24, 2.45) is 0 Å². The highest BCUT2D eigenvalue weighted by Gasteiger charge is 1.94. The molecule has 13 heavy (non-hydrogen) atoms. The summed E-state index contributed by atoms with van der Waals surface area (Å²) in [5.41, 5.74) is 0. The van der Waals surface area contributed by atoms with Gasteiger partial charge in [0.2, 0.25) is 5.95 Å². The maximum absolute atomic E-state index is 5.35. The van der Waals surface area contributed by atoms with Crippen LogP contribution in [0.1, 0.15) is 13.8 Å². The summed E-state index contributed by atoms with van der Waals surface area (Å²) in [6.07, 6.45) is 3.69. The molecule has 0 fully saturated rings. The van der Waals surface area contributed by atoms with Crippen LogP contribution >= 0.6 is 0 Å². The van der Waals surface area contributed by atoms with Crippen LogP contribution in [0.25, 0.3) is 0 Å². The first-order chi connectivity index (χ1) is 6.29. The van der Waals surface area contributed by atoms with Crippen LogP contribution in [0.5, 0.6) is 0 Å². The van der Waals surface area contributed by atoms with E-state index in [0.717, 1.165) is 6.54 Å². The Hall–Kier alpha value is -1.16. The number of rotatable bonds is 5. The third kappa shape index (κ3) is 4.42. The van der Waals surface area contributed by atoms with E-state index in [1.54, 1.807) is 18.5 Å². The molecular formula is C9H15N3O. The van der Waals surface area contributed by atoms with Gasteiger partial charge in [0.25, 0.3) is 0 Å². The fourth-order valence-corrected chi connectivity index (χ4v) is 0.848. The Kier molecular flexibility index (Phi) is 4.18. The van der Waals surface area contributed by atoms with E-state index in [1.807, 2.05) is 13.8 Å². The maximum atomic E-state index is 5.35. The second kappa shape index (κ2) is 5.48. The van der Waals surface area contributed by atoms with Gasteiger partial charge in [-0.25, -0.2) is 9.97 Å². The zero-order valence-corrected chi connectivity index (χ0v) is 8.03. The molecule has 0 spiro atoms. The van der Waals surface area contributed by atoms with Gasteiger partial charge in [0.1, 0.15) is 0 Å². The SMILES string of the molecule is CC(C)OCCNc1ncccn1. The van der Waals surface area contributed by atoms with E-state index in [1.165, 1.54) is 0 Å². The summed E-state index contributed by atoms with van der Waals surface area (Å²) >= 11 is 0. The lowest BCUT2D eigenvalue weighted by atomic mass is 10.5. The van der Waals surface area contributed by atoms with Crippen LogP contribution in [0.15, 0.2) is 18.5 Å². The molecule has 0 saturated carbocycles. The van der Waals surface area contributed by atoms with Crippen molar-refractivity contribution in [3.8, 4) is 0 Å². The molecule has 0 unspecified atom stereocenters. The molecule has 0 aliphatic carbocycles. The molecule has 0 aliphatic rings. The molecule has 4 heteroatoms. The average Bonchev–Trinajstić information content (AvgIpc) is 2.14. The summed E-state index contributed by atoms with van der Waals surface area (Å²) in [7, 11) is 0. The molecule has 1 aromatic rings. The molecule has 0 aliphatic heterocycles. The van der Waals surface area contributed by atoms with Gasteiger partial charge in [0.05, 0.1) is 12.7 Å². The van der Waals surface area contributed by atoms with Crippen LogP contribution in [0.3, 0.4) is 0 Å². The molecule has 0 aromatic carbocycles. The first-order valence-electron chi connectivity index (χ1n) is 4.41. The molecule has 1 rings (SSSR count). The molecule has 1 N–H and O–H groups in total. The molecule has 0 radical (unpaired) electrons. The van der Waals surface area contributed by atoms with Crippen molar-refractivity contribution in [1.29, 1.82) is 0 Å². The average molecular weight is 181 g/mol. The van der Waals surface area contributed by atoms with E-state index in [4.69, 9.17) is 4.74 Å². The van der Waals surface area contributed by atoms with Gasteiger partial charge in [-0.15, -0.1) is 0 Å². The van der Waals surface area contributed by atoms with Gasteiger partial charge in [-0.05, 0) is 19.9 Å². The second-order valence-corrected chi connectivity index (χ2v) is 2.92. The van der Waals surface area contributed by atoms with Gasteiger partial charge in [0.15, 0.2) is 0 Å². The van der Waals surface area contributed by atoms with Gasteiger partial charge >= 0.3 is 0 Å². The molecule has 1 heterocycles. The number of hydrogen-bond acceptors (Lipinski definition) is 4. The Balaban J connectivity index is 2.13. The molecule has 0 bridgehead atoms. The summed E-state index contributed by atoms with van der Waals surface area (Å²) in [6.45, 7) is 5.44. The molecule has 1 aromatic heterocycles. The second-order valence-electron chi connectivity index (χ2n) is 2.92. The number of nitrogens with zero attached hydrogens (tertiary/aromatic N) is 2. The van der Waals surface area contributed by atoms with Crippen molar-refractivity contribution in [2.45, 2.75) is 20.0 Å². The fraction of sp³-hybridized carbons (Fsp3) is 0.556. The highest BCUT2D eigenvalue weighted by atomic mass is 16.5. The summed E-state index contributed by atoms with van der Waals surface area (Å²) in [4.78, 5) is 8.04. The topological polar surface area (TPSA) is 47.0 Å². The first kappa shape index (κ1) is 9.92. The number of hydrogen-bond donors (Lipinski definition) is 1. The quantitative estimate of drug-likeness (QED) is 0.696. The molecule has 0 atom stereocenters. The van der Waals surface area contributed by atoms with Crippen LogP contribution in [-0.2, 0) is 4.74 Å². The third-order valence-corrected chi connectivity index (χ3v) is 1.40. The lowest BCUT2D eigenvalue weighted by Crippen LogP contribution is -2.14. The van der Waals surface area contributed by atoms with Crippen LogP contribution in [0.2, 0.25) is 0 Å². The normalized spacial score (nSPS) is 10.4. The van der Waals surface area contributed by atoms with Crippen LogP contribution in [0.4, 0.5) is 5.95 Å². The number of aromatic nitrogens is 2. The van der Waals surface area contributed by atoms with Crippen molar-refractivity contribution in [3.63, 3.8) is 0 Å².